The molecule has 1 amide bonds. The second kappa shape index (κ2) is 5.78. The molecule has 0 saturated carbocycles. The first kappa shape index (κ1) is 17.2. The van der Waals surface area contributed by atoms with E-state index in [0.29, 0.717) is 25.7 Å². The molecule has 4 heterocycles. The number of benzene rings is 1. The summed E-state index contributed by atoms with van der Waals surface area (Å²) < 4.78 is 35.5. The zero-order valence-electron chi connectivity index (χ0n) is 15.0. The van der Waals surface area contributed by atoms with Crippen LogP contribution in [0.5, 0.6) is 0 Å². The summed E-state index contributed by atoms with van der Waals surface area (Å²) in [6.07, 6.45) is 1.99. The Morgan fingerprint density at radius 2 is 1.70 bits per heavy atom. The van der Waals surface area contributed by atoms with Crippen LogP contribution in [0.25, 0.3) is 0 Å². The van der Waals surface area contributed by atoms with Crippen molar-refractivity contribution in [1.29, 1.82) is 0 Å². The molecule has 8 heteroatoms. The number of aliphatic imine (C=N–C) groups is 1. The highest BCUT2D eigenvalue weighted by Crippen LogP contribution is 2.44. The van der Waals surface area contributed by atoms with E-state index in [-0.39, 0.29) is 35.9 Å². The van der Waals surface area contributed by atoms with Gasteiger partial charge in [0.15, 0.2) is 15.4 Å². The van der Waals surface area contributed by atoms with Crippen molar-refractivity contribution in [3.63, 3.8) is 0 Å². The summed E-state index contributed by atoms with van der Waals surface area (Å²) in [4.78, 5) is 18.6. The van der Waals surface area contributed by atoms with Gasteiger partial charge in [0.2, 0.25) is 0 Å². The maximum absolute atomic E-state index is 12.5. The van der Waals surface area contributed by atoms with Crippen molar-refractivity contribution in [1.82, 2.24) is 4.90 Å². The van der Waals surface area contributed by atoms with Crippen molar-refractivity contribution < 1.29 is 22.7 Å². The smallest absolute Gasteiger partial charge is 0.296 e. The van der Waals surface area contributed by atoms with Crippen molar-refractivity contribution in [2.24, 2.45) is 4.99 Å². The van der Waals surface area contributed by atoms with E-state index in [2.05, 4.69) is 17.1 Å². The van der Waals surface area contributed by atoms with Crippen LogP contribution in [0.3, 0.4) is 0 Å². The molecule has 4 aliphatic rings. The second-order valence-corrected chi connectivity index (χ2v) is 10.2. The maximum Gasteiger partial charge on any atom is 0.296 e. The van der Waals surface area contributed by atoms with E-state index in [9.17, 15) is 13.2 Å². The molecule has 144 valence electrons. The van der Waals surface area contributed by atoms with E-state index in [4.69, 9.17) is 9.47 Å². The maximum atomic E-state index is 12.5. The number of likely N-dealkylation sites (tertiary alicyclic amines) is 1. The number of sulfone groups is 1. The largest absolute Gasteiger partial charge is 0.448 e. The number of carbonyl (C=O) groups excluding carboxylic acids is 1. The Kier molecular flexibility index (Phi) is 3.68. The Morgan fingerprint density at radius 1 is 1.00 bits per heavy atom. The number of nitrogens with zero attached hydrogens (tertiary/aromatic N) is 2. The predicted octanol–water partition coefficient (Wildman–Crippen LogP) is 1.37. The quantitative estimate of drug-likeness (QED) is 0.665. The standard InChI is InChI=1S/C19H22N2O5S/c22-16-19(7-11-27(23,24)12-8-19)26-17(20-16)21-9-5-18(6-10-21)15-4-2-1-3-14(15)13-25-18/h1-4H,5-13H2. The summed E-state index contributed by atoms with van der Waals surface area (Å²) in [5.74, 6) is -0.375. The third-order valence-electron chi connectivity index (χ3n) is 6.36. The van der Waals surface area contributed by atoms with Crippen molar-refractivity contribution in [3.05, 3.63) is 35.4 Å². The van der Waals surface area contributed by atoms with Gasteiger partial charge >= 0.3 is 0 Å². The van der Waals surface area contributed by atoms with Gasteiger partial charge in [0.05, 0.1) is 23.7 Å². The van der Waals surface area contributed by atoms with E-state index < -0.39 is 15.4 Å². The molecule has 0 bridgehead atoms. The Bertz CT molecular complexity index is 917. The molecule has 1 aromatic rings. The van der Waals surface area contributed by atoms with Gasteiger partial charge in [0.25, 0.3) is 11.9 Å². The van der Waals surface area contributed by atoms with E-state index in [0.717, 1.165) is 12.8 Å². The molecule has 0 unspecified atom stereocenters. The van der Waals surface area contributed by atoms with Gasteiger partial charge in [0.1, 0.15) is 0 Å². The summed E-state index contributed by atoms with van der Waals surface area (Å²) >= 11 is 0. The third-order valence-corrected chi connectivity index (χ3v) is 8.01. The summed E-state index contributed by atoms with van der Waals surface area (Å²) in [7, 11) is -3.07. The SMILES string of the molecule is O=C1N=C(N2CCC3(CC2)OCc2ccccc23)OC12CCS(=O)(=O)CC2. The van der Waals surface area contributed by atoms with Crippen molar-refractivity contribution in [2.45, 2.75) is 43.5 Å². The fraction of sp³-hybridized carbons (Fsp3) is 0.579. The molecule has 0 aliphatic carbocycles. The molecule has 0 atom stereocenters. The summed E-state index contributed by atoms with van der Waals surface area (Å²) in [6.45, 7) is 2.02. The highest BCUT2D eigenvalue weighted by molar-refractivity contribution is 7.91. The molecule has 2 fully saturated rings. The molecule has 7 nitrogen and oxygen atoms in total. The fourth-order valence-electron chi connectivity index (χ4n) is 4.61. The van der Waals surface area contributed by atoms with Gasteiger partial charge in [-0.15, -0.1) is 0 Å². The van der Waals surface area contributed by atoms with Crippen LogP contribution in [-0.4, -0.2) is 55.4 Å². The minimum Gasteiger partial charge on any atom is -0.448 e. The molecule has 4 aliphatic heterocycles. The van der Waals surface area contributed by atoms with Crippen LogP contribution in [0.1, 0.15) is 36.8 Å². The molecule has 5 rings (SSSR count). The summed E-state index contributed by atoms with van der Waals surface area (Å²) in [6, 6.07) is 8.68. The van der Waals surface area contributed by atoms with Gasteiger partial charge in [-0.3, -0.25) is 4.79 Å². The fourth-order valence-corrected chi connectivity index (χ4v) is 6.09. The molecular formula is C19H22N2O5S. The number of ether oxygens (including phenoxy) is 2. The average molecular weight is 390 g/mol. The first-order chi connectivity index (χ1) is 12.9. The van der Waals surface area contributed by atoms with Crippen LogP contribution in [0.15, 0.2) is 29.3 Å². The highest BCUT2D eigenvalue weighted by Gasteiger charge is 2.52. The van der Waals surface area contributed by atoms with Crippen LogP contribution >= 0.6 is 0 Å². The normalized spacial score (nSPS) is 27.5. The van der Waals surface area contributed by atoms with Crippen LogP contribution in [0.2, 0.25) is 0 Å². The zero-order valence-corrected chi connectivity index (χ0v) is 15.8. The first-order valence-corrected chi connectivity index (χ1v) is 11.2. The Balaban J connectivity index is 1.29. The molecular weight excluding hydrogens is 368 g/mol. The number of hydrogen-bond acceptors (Lipinski definition) is 6. The molecule has 27 heavy (non-hydrogen) atoms. The summed E-state index contributed by atoms with van der Waals surface area (Å²) in [5.41, 5.74) is 1.18. The lowest BCUT2D eigenvalue weighted by Gasteiger charge is -2.40. The number of hydrogen-bond donors (Lipinski definition) is 0. The molecule has 1 aromatic carbocycles. The number of piperidine rings is 1. The van der Waals surface area contributed by atoms with Crippen molar-refractivity contribution >= 4 is 21.8 Å². The Morgan fingerprint density at radius 3 is 2.44 bits per heavy atom. The van der Waals surface area contributed by atoms with Crippen LogP contribution < -0.4 is 0 Å². The third kappa shape index (κ3) is 2.69. The minimum absolute atomic E-state index is 0.0186. The Hall–Kier alpha value is -1.93. The Labute approximate surface area is 158 Å². The average Bonchev–Trinajstić information content (AvgIpc) is 3.18. The number of fused-ring (bicyclic) bond motifs is 2. The lowest BCUT2D eigenvalue weighted by molar-refractivity contribution is -0.132. The van der Waals surface area contributed by atoms with E-state index >= 15 is 0 Å². The van der Waals surface area contributed by atoms with Gasteiger partial charge in [-0.2, -0.15) is 4.99 Å². The molecule has 0 aromatic heterocycles. The van der Waals surface area contributed by atoms with Crippen LogP contribution in [0, 0.1) is 0 Å². The lowest BCUT2D eigenvalue weighted by Crippen LogP contribution is -2.49. The van der Waals surface area contributed by atoms with Crippen molar-refractivity contribution in [3.8, 4) is 0 Å². The topological polar surface area (TPSA) is 85.3 Å². The lowest BCUT2D eigenvalue weighted by atomic mass is 9.84. The van der Waals surface area contributed by atoms with Gasteiger partial charge < -0.3 is 14.4 Å². The number of rotatable bonds is 0. The van der Waals surface area contributed by atoms with E-state index in [1.165, 1.54) is 11.1 Å². The van der Waals surface area contributed by atoms with Gasteiger partial charge in [-0.05, 0) is 24.0 Å². The monoisotopic (exact) mass is 390 g/mol. The predicted molar refractivity (Wildman–Crippen MR) is 97.9 cm³/mol. The minimum atomic E-state index is -3.07. The van der Waals surface area contributed by atoms with E-state index in [1.54, 1.807) is 0 Å². The van der Waals surface area contributed by atoms with Gasteiger partial charge in [-0.25, -0.2) is 8.42 Å². The number of amidine groups is 1. The molecule has 0 radical (unpaired) electrons. The molecule has 0 N–H and O–H groups in total. The first-order valence-electron chi connectivity index (χ1n) is 9.41. The van der Waals surface area contributed by atoms with Crippen LogP contribution in [0.4, 0.5) is 0 Å². The number of amides is 1. The second-order valence-electron chi connectivity index (χ2n) is 7.87. The van der Waals surface area contributed by atoms with Crippen molar-refractivity contribution in [2.75, 3.05) is 24.6 Å². The van der Waals surface area contributed by atoms with E-state index in [1.807, 2.05) is 17.0 Å². The van der Waals surface area contributed by atoms with Crippen LogP contribution in [-0.2, 0) is 36.3 Å². The molecule has 2 spiro atoms. The van der Waals surface area contributed by atoms with Gasteiger partial charge in [0, 0.05) is 25.9 Å². The molecule has 2 saturated heterocycles. The number of carbonyl (C=O) groups is 1. The summed E-state index contributed by atoms with van der Waals surface area (Å²) in [5, 5.41) is 0. The zero-order chi connectivity index (χ0) is 18.7. The van der Waals surface area contributed by atoms with Gasteiger partial charge in [-0.1, -0.05) is 24.3 Å². The highest BCUT2D eigenvalue weighted by atomic mass is 32.2.